The van der Waals surface area contributed by atoms with E-state index in [1.807, 2.05) is 37.4 Å². The minimum atomic E-state index is -0.596. The highest BCUT2D eigenvalue weighted by atomic mass is 32.1. The summed E-state index contributed by atoms with van der Waals surface area (Å²) < 4.78 is 4.90. The molecule has 2 aromatic heterocycles. The number of primary amides is 1. The summed E-state index contributed by atoms with van der Waals surface area (Å²) in [7, 11) is 0. The van der Waals surface area contributed by atoms with Crippen molar-refractivity contribution in [1.82, 2.24) is 5.16 Å². The van der Waals surface area contributed by atoms with Crippen LogP contribution in [-0.2, 0) is 0 Å². The van der Waals surface area contributed by atoms with E-state index >= 15 is 0 Å². The minimum absolute atomic E-state index is 0.147. The van der Waals surface area contributed by atoms with E-state index in [9.17, 15) is 9.59 Å². The van der Waals surface area contributed by atoms with Crippen LogP contribution in [0.4, 0.5) is 5.00 Å². The summed E-state index contributed by atoms with van der Waals surface area (Å²) in [5, 5.41) is 8.58. The minimum Gasteiger partial charge on any atom is -0.365 e. The SMILES string of the molecule is Cc1cc(C(=O)Nc2scc(-c3ccc(C)c(C)c3)c2C(N)=O)no1. The first-order chi connectivity index (χ1) is 11.9. The predicted octanol–water partition coefficient (Wildman–Crippen LogP) is 3.68. The van der Waals surface area contributed by atoms with Crippen LogP contribution in [0.1, 0.15) is 37.7 Å². The Morgan fingerprint density at radius 2 is 1.92 bits per heavy atom. The van der Waals surface area contributed by atoms with Gasteiger partial charge >= 0.3 is 0 Å². The molecular formula is C18H17N3O3S. The fraction of sp³-hybridized carbons (Fsp3) is 0.167. The second-order valence-electron chi connectivity index (χ2n) is 5.79. The summed E-state index contributed by atoms with van der Waals surface area (Å²) in [4.78, 5) is 24.3. The van der Waals surface area contributed by atoms with Crippen LogP contribution < -0.4 is 11.1 Å². The molecule has 0 saturated carbocycles. The molecular weight excluding hydrogens is 338 g/mol. The number of anilines is 1. The topological polar surface area (TPSA) is 98.2 Å². The third-order valence-electron chi connectivity index (χ3n) is 3.94. The molecule has 6 nitrogen and oxygen atoms in total. The highest BCUT2D eigenvalue weighted by Crippen LogP contribution is 2.36. The van der Waals surface area contributed by atoms with Gasteiger partial charge in [-0.2, -0.15) is 0 Å². The van der Waals surface area contributed by atoms with Crippen molar-refractivity contribution in [1.29, 1.82) is 0 Å². The van der Waals surface area contributed by atoms with Gasteiger partial charge in [0.15, 0.2) is 5.69 Å². The Morgan fingerprint density at radius 3 is 2.52 bits per heavy atom. The number of rotatable bonds is 4. The molecule has 128 valence electrons. The van der Waals surface area contributed by atoms with Gasteiger partial charge in [-0.05, 0) is 37.5 Å². The van der Waals surface area contributed by atoms with Crippen molar-refractivity contribution in [2.75, 3.05) is 5.32 Å². The molecule has 0 atom stereocenters. The number of thiophene rings is 1. The zero-order chi connectivity index (χ0) is 18.1. The largest absolute Gasteiger partial charge is 0.365 e. The van der Waals surface area contributed by atoms with E-state index in [0.717, 1.165) is 16.7 Å². The first-order valence-electron chi connectivity index (χ1n) is 7.60. The molecule has 0 spiro atoms. The van der Waals surface area contributed by atoms with Crippen molar-refractivity contribution >= 4 is 28.2 Å². The number of nitrogens with two attached hydrogens (primary N) is 1. The van der Waals surface area contributed by atoms with Crippen LogP contribution in [0.25, 0.3) is 11.1 Å². The number of carbonyl (C=O) groups is 2. The molecule has 2 heterocycles. The van der Waals surface area contributed by atoms with Gasteiger partial charge in [-0.25, -0.2) is 0 Å². The number of carbonyl (C=O) groups excluding carboxylic acids is 2. The Hall–Kier alpha value is -2.93. The van der Waals surface area contributed by atoms with Crippen LogP contribution in [0, 0.1) is 20.8 Å². The number of hydrogen-bond acceptors (Lipinski definition) is 5. The predicted molar refractivity (Wildman–Crippen MR) is 96.9 cm³/mol. The molecule has 25 heavy (non-hydrogen) atoms. The fourth-order valence-electron chi connectivity index (χ4n) is 2.46. The highest BCUT2D eigenvalue weighted by molar-refractivity contribution is 7.15. The molecule has 0 saturated heterocycles. The van der Waals surface area contributed by atoms with Crippen LogP contribution in [0.2, 0.25) is 0 Å². The van der Waals surface area contributed by atoms with Crippen LogP contribution in [0.5, 0.6) is 0 Å². The number of amides is 2. The summed E-state index contributed by atoms with van der Waals surface area (Å²) in [6, 6.07) is 7.44. The first kappa shape index (κ1) is 16.9. The third-order valence-corrected chi connectivity index (χ3v) is 4.84. The summed E-state index contributed by atoms with van der Waals surface area (Å²) in [6.07, 6.45) is 0. The molecule has 3 aromatic rings. The molecule has 0 unspecified atom stereocenters. The zero-order valence-electron chi connectivity index (χ0n) is 14.0. The van der Waals surface area contributed by atoms with E-state index in [-0.39, 0.29) is 5.69 Å². The van der Waals surface area contributed by atoms with Gasteiger partial charge < -0.3 is 15.6 Å². The van der Waals surface area contributed by atoms with Crippen LogP contribution in [-0.4, -0.2) is 17.0 Å². The van der Waals surface area contributed by atoms with Gasteiger partial charge in [0.2, 0.25) is 0 Å². The molecule has 0 radical (unpaired) electrons. The maximum Gasteiger partial charge on any atom is 0.278 e. The Balaban J connectivity index is 1.98. The Morgan fingerprint density at radius 1 is 1.16 bits per heavy atom. The van der Waals surface area contributed by atoms with Crippen molar-refractivity contribution in [3.63, 3.8) is 0 Å². The number of nitrogens with one attached hydrogen (secondary N) is 1. The summed E-state index contributed by atoms with van der Waals surface area (Å²) in [5.74, 6) is -0.517. The molecule has 3 N–H and O–H groups in total. The smallest absolute Gasteiger partial charge is 0.278 e. The maximum absolute atomic E-state index is 12.3. The lowest BCUT2D eigenvalue weighted by molar-refractivity contribution is 0.100. The maximum atomic E-state index is 12.3. The Labute approximate surface area is 148 Å². The van der Waals surface area contributed by atoms with E-state index in [1.165, 1.54) is 17.4 Å². The van der Waals surface area contributed by atoms with E-state index in [2.05, 4.69) is 10.5 Å². The third kappa shape index (κ3) is 3.32. The second-order valence-corrected chi connectivity index (χ2v) is 6.67. The number of nitrogens with zero attached hydrogens (tertiary/aromatic N) is 1. The molecule has 1 aromatic carbocycles. The Bertz CT molecular complexity index is 972. The molecule has 0 fully saturated rings. The Kier molecular flexibility index (Phi) is 4.41. The number of aromatic nitrogens is 1. The number of aryl methyl sites for hydroxylation is 3. The lowest BCUT2D eigenvalue weighted by Crippen LogP contribution is -2.17. The second kappa shape index (κ2) is 6.52. The lowest BCUT2D eigenvalue weighted by Gasteiger charge is -2.07. The van der Waals surface area contributed by atoms with Crippen molar-refractivity contribution in [2.24, 2.45) is 5.73 Å². The monoisotopic (exact) mass is 355 g/mol. The molecule has 3 rings (SSSR count). The average molecular weight is 355 g/mol. The van der Waals surface area contributed by atoms with E-state index in [1.54, 1.807) is 6.92 Å². The van der Waals surface area contributed by atoms with Crippen LogP contribution in [0.15, 0.2) is 34.2 Å². The lowest BCUT2D eigenvalue weighted by atomic mass is 9.99. The highest BCUT2D eigenvalue weighted by Gasteiger charge is 2.21. The van der Waals surface area contributed by atoms with Crippen molar-refractivity contribution in [3.05, 3.63) is 57.8 Å². The molecule has 0 aliphatic rings. The molecule has 2 amide bonds. The van der Waals surface area contributed by atoms with Crippen LogP contribution in [0.3, 0.4) is 0 Å². The molecule has 0 aliphatic carbocycles. The summed E-state index contributed by atoms with van der Waals surface area (Å²) in [6.45, 7) is 5.72. The standard InChI is InChI=1S/C18H17N3O3S/c1-9-4-5-12(6-10(9)2)13-8-25-18(15(13)16(19)22)20-17(23)14-7-11(3)24-21-14/h4-8H,1-3H3,(H2,19,22)(H,20,23). The van der Waals surface area contributed by atoms with Gasteiger partial charge in [-0.15, -0.1) is 11.3 Å². The van der Waals surface area contributed by atoms with Gasteiger partial charge in [0, 0.05) is 17.0 Å². The number of hydrogen-bond donors (Lipinski definition) is 2. The zero-order valence-corrected chi connectivity index (χ0v) is 14.9. The van der Waals surface area contributed by atoms with E-state index in [0.29, 0.717) is 21.9 Å². The van der Waals surface area contributed by atoms with Crippen molar-refractivity contribution < 1.29 is 14.1 Å². The van der Waals surface area contributed by atoms with E-state index < -0.39 is 11.8 Å². The van der Waals surface area contributed by atoms with Gasteiger partial charge in [0.05, 0.1) is 5.56 Å². The quantitative estimate of drug-likeness (QED) is 0.746. The normalized spacial score (nSPS) is 10.7. The average Bonchev–Trinajstić information content (AvgIpc) is 3.16. The van der Waals surface area contributed by atoms with Gasteiger partial charge in [-0.3, -0.25) is 9.59 Å². The van der Waals surface area contributed by atoms with Crippen LogP contribution >= 0.6 is 11.3 Å². The van der Waals surface area contributed by atoms with Crippen molar-refractivity contribution in [3.8, 4) is 11.1 Å². The fourth-order valence-corrected chi connectivity index (χ4v) is 3.43. The molecule has 7 heteroatoms. The van der Waals surface area contributed by atoms with Gasteiger partial charge in [0.1, 0.15) is 10.8 Å². The summed E-state index contributed by atoms with van der Waals surface area (Å²) >= 11 is 1.25. The first-order valence-corrected chi connectivity index (χ1v) is 8.48. The number of benzene rings is 1. The molecule has 0 bridgehead atoms. The van der Waals surface area contributed by atoms with Gasteiger partial charge in [0.25, 0.3) is 11.8 Å². The summed E-state index contributed by atoms with van der Waals surface area (Å²) in [5.41, 5.74) is 9.86. The van der Waals surface area contributed by atoms with E-state index in [4.69, 9.17) is 10.3 Å². The molecule has 0 aliphatic heterocycles. The van der Waals surface area contributed by atoms with Crippen molar-refractivity contribution in [2.45, 2.75) is 20.8 Å². The van der Waals surface area contributed by atoms with Gasteiger partial charge in [-0.1, -0.05) is 23.4 Å².